The van der Waals surface area contributed by atoms with E-state index in [4.69, 9.17) is 0 Å². The predicted molar refractivity (Wildman–Crippen MR) is 72.0 cm³/mol. The maximum Gasteiger partial charge on any atom is 0.247 e. The topological polar surface area (TPSA) is 32.3 Å². The first-order valence-corrected chi connectivity index (χ1v) is 6.81. The van der Waals surface area contributed by atoms with Crippen LogP contribution in [0, 0.1) is 0 Å². The lowest BCUT2D eigenvalue weighted by Gasteiger charge is -2.38. The number of hydrogen-bond donors (Lipinski definition) is 1. The van der Waals surface area contributed by atoms with Gasteiger partial charge in [-0.1, -0.05) is 6.07 Å². The van der Waals surface area contributed by atoms with Gasteiger partial charge in [-0.15, -0.1) is 11.3 Å². The van der Waals surface area contributed by atoms with E-state index in [1.807, 2.05) is 28.5 Å². The zero-order chi connectivity index (χ0) is 12.3. The lowest BCUT2D eigenvalue weighted by Crippen LogP contribution is -2.56. The van der Waals surface area contributed by atoms with E-state index in [2.05, 4.69) is 19.2 Å². The highest BCUT2D eigenvalue weighted by Gasteiger charge is 2.27. The molecule has 0 bridgehead atoms. The lowest BCUT2D eigenvalue weighted by atomic mass is 10.1. The summed E-state index contributed by atoms with van der Waals surface area (Å²) in [5.41, 5.74) is 0. The van der Waals surface area contributed by atoms with Crippen LogP contribution in [0.15, 0.2) is 23.6 Å². The van der Waals surface area contributed by atoms with Gasteiger partial charge in [-0.2, -0.15) is 0 Å². The highest BCUT2D eigenvalue weighted by molar-refractivity contribution is 7.10. The third-order valence-electron chi connectivity index (χ3n) is 3.02. The van der Waals surface area contributed by atoms with E-state index >= 15 is 0 Å². The van der Waals surface area contributed by atoms with E-state index in [1.54, 1.807) is 17.4 Å². The van der Waals surface area contributed by atoms with Gasteiger partial charge in [-0.05, 0) is 31.4 Å². The Morgan fingerprint density at radius 2 is 2.18 bits per heavy atom. The highest BCUT2D eigenvalue weighted by Crippen LogP contribution is 2.13. The number of nitrogens with zero attached hydrogens (tertiary/aromatic N) is 1. The van der Waals surface area contributed by atoms with Crippen LogP contribution in [0.5, 0.6) is 0 Å². The number of carbonyl (C=O) groups is 1. The van der Waals surface area contributed by atoms with Gasteiger partial charge in [0.2, 0.25) is 5.91 Å². The first kappa shape index (κ1) is 12.3. The lowest BCUT2D eigenvalue weighted by molar-refractivity contribution is -0.131. The van der Waals surface area contributed by atoms with Gasteiger partial charge in [0, 0.05) is 36.1 Å². The van der Waals surface area contributed by atoms with Gasteiger partial charge in [-0.3, -0.25) is 4.79 Å². The van der Waals surface area contributed by atoms with E-state index in [0.29, 0.717) is 0 Å². The molecule has 0 saturated carbocycles. The van der Waals surface area contributed by atoms with Crippen LogP contribution < -0.4 is 5.32 Å². The molecule has 1 saturated heterocycles. The summed E-state index contributed by atoms with van der Waals surface area (Å²) in [7, 11) is 0. The second-order valence-corrected chi connectivity index (χ2v) is 5.43. The molecule has 0 spiro atoms. The Labute approximate surface area is 106 Å². The van der Waals surface area contributed by atoms with Gasteiger partial charge in [0.15, 0.2) is 0 Å². The summed E-state index contributed by atoms with van der Waals surface area (Å²) in [6.07, 6.45) is 3.58. The molecule has 1 amide bonds. The minimum atomic E-state index is 0.111. The van der Waals surface area contributed by atoms with Gasteiger partial charge in [0.25, 0.3) is 0 Å². The second kappa shape index (κ2) is 5.47. The molecular formula is C13H18N2OS. The molecule has 1 aromatic heterocycles. The van der Waals surface area contributed by atoms with Crippen molar-refractivity contribution in [2.24, 2.45) is 0 Å². The minimum absolute atomic E-state index is 0.111. The number of piperazine rings is 1. The minimum Gasteiger partial charge on any atom is -0.331 e. The van der Waals surface area contributed by atoms with Crippen LogP contribution in [0.4, 0.5) is 0 Å². The van der Waals surface area contributed by atoms with E-state index in [-0.39, 0.29) is 18.0 Å². The van der Waals surface area contributed by atoms with Crippen LogP contribution in [-0.2, 0) is 4.79 Å². The standard InChI is InChI=1S/C13H18N2OS/c1-10-8-14-9-11(2)15(10)13(16)6-5-12-4-3-7-17-12/h3-7,10-11,14H,8-9H2,1-2H3. The Hall–Kier alpha value is -1.13. The summed E-state index contributed by atoms with van der Waals surface area (Å²) in [4.78, 5) is 15.2. The van der Waals surface area contributed by atoms with Crippen molar-refractivity contribution >= 4 is 23.3 Å². The molecule has 1 aromatic rings. The molecule has 92 valence electrons. The Morgan fingerprint density at radius 3 is 2.76 bits per heavy atom. The van der Waals surface area contributed by atoms with Crippen LogP contribution in [0.3, 0.4) is 0 Å². The maximum atomic E-state index is 12.1. The van der Waals surface area contributed by atoms with E-state index in [9.17, 15) is 4.79 Å². The quantitative estimate of drug-likeness (QED) is 0.814. The molecule has 2 atom stereocenters. The number of nitrogens with one attached hydrogen (secondary N) is 1. The van der Waals surface area contributed by atoms with Gasteiger partial charge in [0.05, 0.1) is 0 Å². The molecule has 0 radical (unpaired) electrons. The van der Waals surface area contributed by atoms with Crippen molar-refractivity contribution in [1.29, 1.82) is 0 Å². The van der Waals surface area contributed by atoms with Crippen LogP contribution in [0.25, 0.3) is 6.08 Å². The van der Waals surface area contributed by atoms with Crippen LogP contribution in [0.1, 0.15) is 18.7 Å². The molecule has 2 unspecified atom stereocenters. The van der Waals surface area contributed by atoms with Crippen molar-refractivity contribution in [3.8, 4) is 0 Å². The Balaban J connectivity index is 2.03. The molecule has 1 fully saturated rings. The van der Waals surface area contributed by atoms with E-state index < -0.39 is 0 Å². The number of rotatable bonds is 2. The molecule has 1 aliphatic heterocycles. The molecule has 2 rings (SSSR count). The number of hydrogen-bond acceptors (Lipinski definition) is 3. The van der Waals surface area contributed by atoms with Crippen molar-refractivity contribution in [3.05, 3.63) is 28.5 Å². The number of amides is 1. The smallest absolute Gasteiger partial charge is 0.247 e. The summed E-state index contributed by atoms with van der Waals surface area (Å²) in [6, 6.07) is 4.53. The van der Waals surface area contributed by atoms with Crippen molar-refractivity contribution in [1.82, 2.24) is 10.2 Å². The van der Waals surface area contributed by atoms with Crippen molar-refractivity contribution < 1.29 is 4.79 Å². The first-order chi connectivity index (χ1) is 8.18. The molecule has 4 heteroatoms. The highest BCUT2D eigenvalue weighted by atomic mass is 32.1. The zero-order valence-electron chi connectivity index (χ0n) is 10.2. The molecule has 0 aliphatic carbocycles. The van der Waals surface area contributed by atoms with Gasteiger partial charge in [-0.25, -0.2) is 0 Å². The number of thiophene rings is 1. The average Bonchev–Trinajstić information content (AvgIpc) is 2.79. The largest absolute Gasteiger partial charge is 0.331 e. The van der Waals surface area contributed by atoms with Crippen molar-refractivity contribution in [3.63, 3.8) is 0 Å². The Kier molecular flexibility index (Phi) is 3.97. The van der Waals surface area contributed by atoms with Crippen molar-refractivity contribution in [2.75, 3.05) is 13.1 Å². The van der Waals surface area contributed by atoms with Gasteiger partial charge in [0.1, 0.15) is 0 Å². The number of carbonyl (C=O) groups excluding carboxylic acids is 1. The van der Waals surface area contributed by atoms with Gasteiger partial charge >= 0.3 is 0 Å². The fourth-order valence-electron chi connectivity index (χ4n) is 2.19. The normalized spacial score (nSPS) is 25.4. The Morgan fingerprint density at radius 1 is 1.47 bits per heavy atom. The van der Waals surface area contributed by atoms with Gasteiger partial charge < -0.3 is 10.2 Å². The molecule has 2 heterocycles. The average molecular weight is 250 g/mol. The predicted octanol–water partition coefficient (Wildman–Crippen LogP) is 1.97. The molecule has 17 heavy (non-hydrogen) atoms. The summed E-state index contributed by atoms with van der Waals surface area (Å²) < 4.78 is 0. The van der Waals surface area contributed by atoms with Crippen LogP contribution in [0.2, 0.25) is 0 Å². The molecule has 3 nitrogen and oxygen atoms in total. The summed E-state index contributed by atoms with van der Waals surface area (Å²) in [5, 5.41) is 5.34. The summed E-state index contributed by atoms with van der Waals surface area (Å²) >= 11 is 1.64. The summed E-state index contributed by atoms with van der Waals surface area (Å²) in [6.45, 7) is 5.92. The summed E-state index contributed by atoms with van der Waals surface area (Å²) in [5.74, 6) is 0.111. The van der Waals surface area contributed by atoms with Crippen LogP contribution in [-0.4, -0.2) is 36.0 Å². The fourth-order valence-corrected chi connectivity index (χ4v) is 2.81. The van der Waals surface area contributed by atoms with E-state index in [0.717, 1.165) is 18.0 Å². The third kappa shape index (κ3) is 2.96. The molecular weight excluding hydrogens is 232 g/mol. The monoisotopic (exact) mass is 250 g/mol. The molecule has 0 aromatic carbocycles. The third-order valence-corrected chi connectivity index (χ3v) is 3.85. The molecule has 1 N–H and O–H groups in total. The molecule has 1 aliphatic rings. The maximum absolute atomic E-state index is 12.1. The second-order valence-electron chi connectivity index (χ2n) is 4.45. The van der Waals surface area contributed by atoms with Crippen molar-refractivity contribution in [2.45, 2.75) is 25.9 Å². The van der Waals surface area contributed by atoms with Crippen LogP contribution >= 0.6 is 11.3 Å². The first-order valence-electron chi connectivity index (χ1n) is 5.93. The fraction of sp³-hybridized carbons (Fsp3) is 0.462. The van der Waals surface area contributed by atoms with E-state index in [1.165, 1.54) is 0 Å². The SMILES string of the molecule is CC1CNCC(C)N1C(=O)C=Cc1cccs1. The zero-order valence-corrected chi connectivity index (χ0v) is 11.0. The Bertz CT molecular complexity index is 390.